The van der Waals surface area contributed by atoms with E-state index in [1.165, 1.54) is 18.1 Å². The fraction of sp³-hybridized carbons (Fsp3) is 0.300. The summed E-state index contributed by atoms with van der Waals surface area (Å²) in [4.78, 5) is 25.3. The number of anilines is 1. The maximum absolute atomic E-state index is 12.3. The number of benzene rings is 2. The number of thioether (sulfide) groups is 1. The van der Waals surface area contributed by atoms with Gasteiger partial charge in [-0.15, -0.1) is 11.8 Å². The molecule has 136 valence electrons. The molecule has 5 nitrogen and oxygen atoms in total. The Morgan fingerprint density at radius 2 is 1.81 bits per heavy atom. The summed E-state index contributed by atoms with van der Waals surface area (Å²) in [6.07, 6.45) is 0.351. The molecule has 1 aliphatic rings. The number of nitrogens with one attached hydrogen (secondary N) is 1. The highest BCUT2D eigenvalue weighted by atomic mass is 32.2. The van der Waals surface area contributed by atoms with Crippen LogP contribution in [0, 0.1) is 13.8 Å². The van der Waals surface area contributed by atoms with Crippen molar-refractivity contribution in [1.29, 1.82) is 0 Å². The summed E-state index contributed by atoms with van der Waals surface area (Å²) < 4.78 is 10.6. The van der Waals surface area contributed by atoms with E-state index >= 15 is 0 Å². The molecule has 1 heterocycles. The Balaban J connectivity index is 1.61. The predicted molar refractivity (Wildman–Crippen MR) is 102 cm³/mol. The molecule has 0 bridgehead atoms. The van der Waals surface area contributed by atoms with E-state index in [0.29, 0.717) is 34.9 Å². The molecular weight excluding hydrogens is 350 g/mol. The lowest BCUT2D eigenvalue weighted by molar-refractivity contribution is -0.115. The maximum Gasteiger partial charge on any atom is 0.231 e. The molecule has 0 radical (unpaired) electrons. The first-order valence-corrected chi connectivity index (χ1v) is 9.37. The lowest BCUT2D eigenvalue weighted by Crippen LogP contribution is -2.14. The van der Waals surface area contributed by atoms with E-state index in [4.69, 9.17) is 9.47 Å². The van der Waals surface area contributed by atoms with E-state index in [1.54, 1.807) is 23.9 Å². The summed E-state index contributed by atoms with van der Waals surface area (Å²) in [5.41, 5.74) is 3.38. The zero-order chi connectivity index (χ0) is 18.7. The molecule has 2 aromatic carbocycles. The van der Waals surface area contributed by atoms with Crippen LogP contribution in [0.4, 0.5) is 5.69 Å². The van der Waals surface area contributed by atoms with Crippen molar-refractivity contribution < 1.29 is 19.1 Å². The van der Waals surface area contributed by atoms with E-state index in [1.807, 2.05) is 0 Å². The molecule has 1 aliphatic heterocycles. The van der Waals surface area contributed by atoms with Gasteiger partial charge in [0.05, 0.1) is 5.69 Å². The van der Waals surface area contributed by atoms with E-state index in [0.717, 1.165) is 4.90 Å². The molecule has 2 aromatic rings. The molecule has 0 saturated heterocycles. The van der Waals surface area contributed by atoms with Crippen LogP contribution in [0.25, 0.3) is 0 Å². The van der Waals surface area contributed by atoms with Crippen LogP contribution in [-0.2, 0) is 4.79 Å². The van der Waals surface area contributed by atoms with Gasteiger partial charge in [-0.2, -0.15) is 0 Å². The minimum Gasteiger partial charge on any atom is -0.454 e. The number of hydrogen-bond donors (Lipinski definition) is 1. The first-order valence-electron chi connectivity index (χ1n) is 8.38. The molecule has 6 heteroatoms. The van der Waals surface area contributed by atoms with Gasteiger partial charge in [-0.1, -0.05) is 6.07 Å². The van der Waals surface area contributed by atoms with Crippen LogP contribution in [0.3, 0.4) is 0 Å². The summed E-state index contributed by atoms with van der Waals surface area (Å²) in [5.74, 6) is 1.45. The van der Waals surface area contributed by atoms with E-state index in [9.17, 15) is 9.59 Å². The number of aryl methyl sites for hydroxylation is 2. The molecule has 0 aliphatic carbocycles. The van der Waals surface area contributed by atoms with Crippen LogP contribution in [0.5, 0.6) is 11.5 Å². The number of amides is 1. The van der Waals surface area contributed by atoms with Gasteiger partial charge in [0.1, 0.15) is 0 Å². The Bertz CT molecular complexity index is 863. The van der Waals surface area contributed by atoms with E-state index < -0.39 is 0 Å². The Hall–Kier alpha value is -2.47. The van der Waals surface area contributed by atoms with Gasteiger partial charge < -0.3 is 14.8 Å². The highest BCUT2D eigenvalue weighted by Gasteiger charge is 2.20. The zero-order valence-electron chi connectivity index (χ0n) is 15.0. The lowest BCUT2D eigenvalue weighted by Gasteiger charge is -2.11. The third-order valence-corrected chi connectivity index (χ3v) is 5.24. The molecule has 0 unspecified atom stereocenters. The summed E-state index contributed by atoms with van der Waals surface area (Å²) >= 11 is 1.64. The van der Waals surface area contributed by atoms with Gasteiger partial charge in [-0.3, -0.25) is 9.59 Å². The number of Topliss-reactive ketones (excluding diaryl/α,β-unsaturated/α-hetero) is 1. The van der Waals surface area contributed by atoms with Crippen molar-refractivity contribution >= 4 is 29.1 Å². The Kier molecular flexibility index (Phi) is 5.52. The van der Waals surface area contributed by atoms with Crippen LogP contribution in [0.15, 0.2) is 35.2 Å². The van der Waals surface area contributed by atoms with Gasteiger partial charge in [0.15, 0.2) is 17.3 Å². The summed E-state index contributed by atoms with van der Waals surface area (Å²) in [7, 11) is 0. The fourth-order valence-corrected chi connectivity index (χ4v) is 3.56. The number of hydrogen-bond acceptors (Lipinski definition) is 5. The average Bonchev–Trinajstić information content (AvgIpc) is 3.04. The second-order valence-electron chi connectivity index (χ2n) is 6.20. The molecule has 26 heavy (non-hydrogen) atoms. The number of ketones is 1. The van der Waals surface area contributed by atoms with Crippen molar-refractivity contribution in [3.05, 3.63) is 47.0 Å². The van der Waals surface area contributed by atoms with Crippen LogP contribution in [0.2, 0.25) is 0 Å². The van der Waals surface area contributed by atoms with Gasteiger partial charge in [-0.25, -0.2) is 0 Å². The number of carbonyl (C=O) groups excluding carboxylic acids is 2. The minimum absolute atomic E-state index is 0.122. The molecule has 0 fully saturated rings. The standard InChI is InChI=1S/C20H21NO4S/c1-12-4-5-15(8-13(12)2)26-7-6-20(23)21-17-10-19-18(24-11-25-19)9-16(17)14(3)22/h4-5,8-10H,6-7,11H2,1-3H3,(H,21,23). The predicted octanol–water partition coefficient (Wildman–Crippen LogP) is 4.36. The maximum atomic E-state index is 12.3. The van der Waals surface area contributed by atoms with Crippen LogP contribution < -0.4 is 14.8 Å². The highest BCUT2D eigenvalue weighted by Crippen LogP contribution is 2.37. The second kappa shape index (κ2) is 7.83. The van der Waals surface area contributed by atoms with Crippen molar-refractivity contribution in [2.24, 2.45) is 0 Å². The van der Waals surface area contributed by atoms with Gasteiger partial charge >= 0.3 is 0 Å². The summed E-state index contributed by atoms with van der Waals surface area (Å²) in [6, 6.07) is 9.54. The van der Waals surface area contributed by atoms with Crippen molar-refractivity contribution in [2.75, 3.05) is 17.9 Å². The van der Waals surface area contributed by atoms with E-state index in [-0.39, 0.29) is 18.5 Å². The normalized spacial score (nSPS) is 12.1. The van der Waals surface area contributed by atoms with Crippen molar-refractivity contribution in [1.82, 2.24) is 0 Å². The van der Waals surface area contributed by atoms with Crippen LogP contribution in [-0.4, -0.2) is 24.2 Å². The topological polar surface area (TPSA) is 64.6 Å². The molecule has 1 N–H and O–H groups in total. The summed E-state index contributed by atoms with van der Waals surface area (Å²) in [6.45, 7) is 5.74. The zero-order valence-corrected chi connectivity index (χ0v) is 15.9. The average molecular weight is 371 g/mol. The molecular formula is C20H21NO4S. The fourth-order valence-electron chi connectivity index (χ4n) is 2.61. The van der Waals surface area contributed by atoms with Gasteiger partial charge in [0.25, 0.3) is 0 Å². The molecule has 0 spiro atoms. The first kappa shape index (κ1) is 18.3. The number of ether oxygens (including phenoxy) is 2. The lowest BCUT2D eigenvalue weighted by atomic mass is 10.1. The smallest absolute Gasteiger partial charge is 0.231 e. The van der Waals surface area contributed by atoms with Gasteiger partial charge in [0, 0.05) is 28.7 Å². The molecule has 3 rings (SSSR count). The first-order chi connectivity index (χ1) is 12.4. The van der Waals surface area contributed by atoms with E-state index in [2.05, 4.69) is 37.4 Å². The molecule has 0 saturated carbocycles. The number of rotatable bonds is 6. The number of fused-ring (bicyclic) bond motifs is 1. The van der Waals surface area contributed by atoms with Crippen molar-refractivity contribution in [3.63, 3.8) is 0 Å². The largest absolute Gasteiger partial charge is 0.454 e. The third-order valence-electron chi connectivity index (χ3n) is 4.24. The molecule has 0 aromatic heterocycles. The molecule has 1 amide bonds. The number of carbonyl (C=O) groups is 2. The SMILES string of the molecule is CC(=O)c1cc2c(cc1NC(=O)CCSc1ccc(C)c(C)c1)OCO2. The second-order valence-corrected chi connectivity index (χ2v) is 7.37. The van der Waals surface area contributed by atoms with Crippen molar-refractivity contribution in [3.8, 4) is 11.5 Å². The Morgan fingerprint density at radius 3 is 2.50 bits per heavy atom. The highest BCUT2D eigenvalue weighted by molar-refractivity contribution is 7.99. The minimum atomic E-state index is -0.136. The van der Waals surface area contributed by atoms with Gasteiger partial charge in [0.2, 0.25) is 12.7 Å². The third kappa shape index (κ3) is 4.19. The monoisotopic (exact) mass is 371 g/mol. The van der Waals surface area contributed by atoms with Crippen molar-refractivity contribution in [2.45, 2.75) is 32.1 Å². The Morgan fingerprint density at radius 1 is 1.08 bits per heavy atom. The van der Waals surface area contributed by atoms with Gasteiger partial charge in [-0.05, 0) is 50.1 Å². The van der Waals surface area contributed by atoms with Crippen LogP contribution in [0.1, 0.15) is 34.8 Å². The molecule has 0 atom stereocenters. The summed E-state index contributed by atoms with van der Waals surface area (Å²) in [5, 5.41) is 2.82. The Labute approximate surface area is 157 Å². The quantitative estimate of drug-likeness (QED) is 0.604. The van der Waals surface area contributed by atoms with Crippen LogP contribution >= 0.6 is 11.8 Å².